The molecule has 0 aliphatic carbocycles. The summed E-state index contributed by atoms with van der Waals surface area (Å²) in [5.41, 5.74) is 7.54. The van der Waals surface area contributed by atoms with E-state index < -0.39 is 30.4 Å². The molecule has 5 aromatic rings. The van der Waals surface area contributed by atoms with Crippen LogP contribution < -0.4 is 15.4 Å². The topological polar surface area (TPSA) is 193 Å². The van der Waals surface area contributed by atoms with Crippen LogP contribution in [0.4, 0.5) is 9.59 Å². The average Bonchev–Trinajstić information content (AvgIpc) is 4.11. The van der Waals surface area contributed by atoms with E-state index in [2.05, 4.69) is 50.9 Å². The molecule has 61 heavy (non-hydrogen) atoms. The molecule has 4 amide bonds. The zero-order valence-electron chi connectivity index (χ0n) is 35.2. The Morgan fingerprint density at radius 3 is 2.07 bits per heavy atom. The number of carbonyl (C=O) groups is 4. The van der Waals surface area contributed by atoms with Crippen LogP contribution in [0, 0.1) is 5.92 Å². The van der Waals surface area contributed by atoms with Gasteiger partial charge in [-0.25, -0.2) is 19.6 Å². The number of ether oxygens (including phenoxy) is 4. The Hall–Kier alpha value is -6.42. The van der Waals surface area contributed by atoms with Crippen LogP contribution in [0.2, 0.25) is 0 Å². The van der Waals surface area contributed by atoms with Gasteiger partial charge in [0, 0.05) is 32.2 Å². The van der Waals surface area contributed by atoms with Crippen molar-refractivity contribution < 1.29 is 38.1 Å². The third-order valence-corrected chi connectivity index (χ3v) is 12.1. The van der Waals surface area contributed by atoms with E-state index in [0.717, 1.165) is 81.7 Å². The first kappa shape index (κ1) is 41.3. The molecule has 0 unspecified atom stereocenters. The first-order chi connectivity index (χ1) is 29.5. The number of fused-ring (bicyclic) bond motifs is 3. The number of hydrogen-bond acceptors (Lipinski definition) is 10. The van der Waals surface area contributed by atoms with Crippen molar-refractivity contribution in [3.8, 4) is 33.9 Å². The monoisotopic (exact) mass is 832 g/mol. The number of carbonyl (C=O) groups excluding carboxylic acids is 4. The fourth-order valence-electron chi connectivity index (χ4n) is 8.69. The molecule has 16 heteroatoms. The van der Waals surface area contributed by atoms with Gasteiger partial charge in [0.15, 0.2) is 0 Å². The van der Waals surface area contributed by atoms with Crippen LogP contribution in [0.3, 0.4) is 0 Å². The summed E-state index contributed by atoms with van der Waals surface area (Å²) in [6, 6.07) is 16.3. The van der Waals surface area contributed by atoms with Gasteiger partial charge in [0.1, 0.15) is 35.2 Å². The molecule has 0 radical (unpaired) electrons. The van der Waals surface area contributed by atoms with E-state index >= 15 is 0 Å². The Bertz CT molecular complexity index is 2460. The molecule has 3 aromatic carbocycles. The predicted molar refractivity (Wildman–Crippen MR) is 226 cm³/mol. The molecule has 0 spiro atoms. The standard InChI is InChI=1S/C45H52N8O8/c1-24(2)38(50-44(56)59-5)42(54)52-17-7-9-34(52)40-46-23-33(49-40)28-14-16-36-30(19-28)20-29-12-11-27(22-37(29)61-36)26-13-15-31-32(21-26)48-41(47-31)35-10-8-18-53(35)43(55)39(25(3)58-4)51-45(57)60-6/h11-16,19,21-25,34-35,38-39H,7-10,17-18,20H2,1-6H3,(H,46,49)(H,47,48)(H,50,56)(H,51,57)/t25-,34+,35+,38+,39+/m1/s1. The SMILES string of the molecule is COC(=O)N[C@H](C(=O)N1CCC[C@H]1c1ncc(-c2ccc3c(c2)Cc2ccc(-c4ccc5nc([C@@H]6CCCN6C(=O)[C@@H](NC(=O)OC)[C@@H](C)OC)[nH]c5c4)cc2O3)[nH]1)C(C)C. The van der Waals surface area contributed by atoms with Crippen LogP contribution in [0.5, 0.6) is 11.5 Å². The lowest BCUT2D eigenvalue weighted by Gasteiger charge is -2.30. The maximum Gasteiger partial charge on any atom is 0.407 e. The van der Waals surface area contributed by atoms with E-state index in [4.69, 9.17) is 28.9 Å². The Kier molecular flexibility index (Phi) is 11.7. The molecule has 3 aliphatic heterocycles. The number of aromatic amines is 2. The van der Waals surface area contributed by atoms with Gasteiger partial charge in [-0.2, -0.15) is 0 Å². The molecule has 4 N–H and O–H groups in total. The van der Waals surface area contributed by atoms with Crippen molar-refractivity contribution in [3.05, 3.63) is 83.6 Å². The summed E-state index contributed by atoms with van der Waals surface area (Å²) >= 11 is 0. The first-order valence-corrected chi connectivity index (χ1v) is 20.8. The minimum atomic E-state index is -0.907. The molecule has 2 aromatic heterocycles. The summed E-state index contributed by atoms with van der Waals surface area (Å²) in [7, 11) is 4.05. The number of methoxy groups -OCH3 is 3. The largest absolute Gasteiger partial charge is 0.457 e. The molecule has 0 bridgehead atoms. The lowest BCUT2D eigenvalue weighted by atomic mass is 9.95. The van der Waals surface area contributed by atoms with E-state index in [9.17, 15) is 19.2 Å². The van der Waals surface area contributed by atoms with Gasteiger partial charge < -0.3 is 49.3 Å². The van der Waals surface area contributed by atoms with Crippen LogP contribution in [0.1, 0.15) is 81.3 Å². The second kappa shape index (κ2) is 17.3. The van der Waals surface area contributed by atoms with Crippen molar-refractivity contribution in [3.63, 3.8) is 0 Å². The molecule has 8 rings (SSSR count). The predicted octanol–water partition coefficient (Wildman–Crippen LogP) is 6.78. The Labute approximate surface area is 353 Å². The second-order valence-corrected chi connectivity index (χ2v) is 16.3. The van der Waals surface area contributed by atoms with Gasteiger partial charge >= 0.3 is 12.2 Å². The number of nitrogens with zero attached hydrogens (tertiary/aromatic N) is 4. The lowest BCUT2D eigenvalue weighted by molar-refractivity contribution is -0.137. The smallest absolute Gasteiger partial charge is 0.407 e. The highest BCUT2D eigenvalue weighted by Gasteiger charge is 2.40. The number of amides is 4. The number of H-pyrrole nitrogens is 2. The number of hydrogen-bond donors (Lipinski definition) is 4. The Morgan fingerprint density at radius 2 is 1.38 bits per heavy atom. The van der Waals surface area contributed by atoms with Gasteiger partial charge in [0.25, 0.3) is 0 Å². The highest BCUT2D eigenvalue weighted by atomic mass is 16.5. The summed E-state index contributed by atoms with van der Waals surface area (Å²) in [6.45, 7) is 6.65. The lowest BCUT2D eigenvalue weighted by Crippen LogP contribution is -2.54. The van der Waals surface area contributed by atoms with Crippen molar-refractivity contribution in [1.29, 1.82) is 0 Å². The summed E-state index contributed by atoms with van der Waals surface area (Å²) < 4.78 is 21.5. The number of benzene rings is 3. The Balaban J connectivity index is 0.961. The quantitative estimate of drug-likeness (QED) is 0.108. The number of nitrogens with one attached hydrogen (secondary N) is 4. The van der Waals surface area contributed by atoms with Crippen molar-refractivity contribution in [2.45, 2.75) is 83.1 Å². The van der Waals surface area contributed by atoms with E-state index in [0.29, 0.717) is 31.2 Å². The van der Waals surface area contributed by atoms with Crippen LogP contribution in [-0.2, 0) is 30.2 Å². The van der Waals surface area contributed by atoms with E-state index in [1.807, 2.05) is 43.0 Å². The van der Waals surface area contributed by atoms with Crippen LogP contribution in [-0.4, -0.2) is 106 Å². The summed E-state index contributed by atoms with van der Waals surface area (Å²) in [6.07, 6.45) is 3.75. The molecule has 2 saturated heterocycles. The van der Waals surface area contributed by atoms with Gasteiger partial charge in [0.2, 0.25) is 11.8 Å². The number of likely N-dealkylation sites (tertiary alicyclic amines) is 2. The first-order valence-electron chi connectivity index (χ1n) is 20.8. The maximum absolute atomic E-state index is 13.7. The van der Waals surface area contributed by atoms with Gasteiger partial charge in [-0.3, -0.25) is 9.59 Å². The molecule has 0 saturated carbocycles. The third-order valence-electron chi connectivity index (χ3n) is 12.1. The van der Waals surface area contributed by atoms with Crippen LogP contribution >= 0.6 is 0 Å². The van der Waals surface area contributed by atoms with Gasteiger partial charge in [-0.1, -0.05) is 32.0 Å². The number of rotatable bonds is 11. The normalized spacial score (nSPS) is 18.5. The van der Waals surface area contributed by atoms with Crippen molar-refractivity contribution in [1.82, 2.24) is 40.4 Å². The molecular weight excluding hydrogens is 781 g/mol. The average molecular weight is 833 g/mol. The maximum atomic E-state index is 13.7. The molecule has 2 fully saturated rings. The number of aromatic nitrogens is 4. The van der Waals surface area contributed by atoms with Gasteiger partial charge in [-0.05, 0) is 97.2 Å². The summed E-state index contributed by atoms with van der Waals surface area (Å²) in [5.74, 6) is 2.46. The molecule has 320 valence electrons. The van der Waals surface area contributed by atoms with Crippen molar-refractivity contribution in [2.24, 2.45) is 5.92 Å². The zero-order valence-corrected chi connectivity index (χ0v) is 35.2. The zero-order chi connectivity index (χ0) is 42.9. The molecular formula is C45H52N8O8. The Morgan fingerprint density at radius 1 is 0.738 bits per heavy atom. The minimum absolute atomic E-state index is 0.116. The molecule has 16 nitrogen and oxygen atoms in total. The molecule has 3 aliphatic rings. The van der Waals surface area contributed by atoms with E-state index in [1.54, 1.807) is 18.0 Å². The fraction of sp³-hybridized carbons (Fsp3) is 0.422. The number of imidazole rings is 2. The van der Waals surface area contributed by atoms with E-state index in [1.165, 1.54) is 21.3 Å². The second-order valence-electron chi connectivity index (χ2n) is 16.3. The van der Waals surface area contributed by atoms with Crippen molar-refractivity contribution in [2.75, 3.05) is 34.4 Å². The third kappa shape index (κ3) is 8.23. The molecule has 5 atom stereocenters. The number of alkyl carbamates (subject to hydrolysis) is 2. The van der Waals surface area contributed by atoms with Crippen molar-refractivity contribution >= 4 is 35.0 Å². The van der Waals surface area contributed by atoms with Gasteiger partial charge in [0.05, 0.1) is 55.3 Å². The highest BCUT2D eigenvalue weighted by molar-refractivity contribution is 5.88. The minimum Gasteiger partial charge on any atom is -0.457 e. The highest BCUT2D eigenvalue weighted by Crippen LogP contribution is 2.41. The van der Waals surface area contributed by atoms with Gasteiger partial charge in [-0.15, -0.1) is 0 Å². The summed E-state index contributed by atoms with van der Waals surface area (Å²) in [5, 5.41) is 5.34. The van der Waals surface area contributed by atoms with Crippen LogP contribution in [0.15, 0.2) is 60.8 Å². The fourth-order valence-corrected chi connectivity index (χ4v) is 8.69. The molecule has 5 heterocycles. The van der Waals surface area contributed by atoms with E-state index in [-0.39, 0.29) is 29.8 Å². The van der Waals surface area contributed by atoms with Crippen LogP contribution in [0.25, 0.3) is 33.4 Å². The summed E-state index contributed by atoms with van der Waals surface area (Å²) in [4.78, 5) is 71.6.